The molecule has 1 amide bonds. The summed E-state index contributed by atoms with van der Waals surface area (Å²) in [6.07, 6.45) is 5.85. The maximum atomic E-state index is 11.1. The monoisotopic (exact) mass is 185 g/mol. The Morgan fingerprint density at radius 3 is 2.54 bits per heavy atom. The highest BCUT2D eigenvalue weighted by Crippen LogP contribution is 2.09. The lowest BCUT2D eigenvalue weighted by molar-refractivity contribution is -0.128. The van der Waals surface area contributed by atoms with E-state index >= 15 is 0 Å². The highest BCUT2D eigenvalue weighted by Gasteiger charge is 2.14. The molecule has 0 rings (SSSR count). The van der Waals surface area contributed by atoms with Gasteiger partial charge in [-0.3, -0.25) is 4.79 Å². The van der Waals surface area contributed by atoms with Crippen LogP contribution in [0.25, 0.3) is 0 Å². The van der Waals surface area contributed by atoms with Crippen LogP contribution < -0.4 is 5.32 Å². The number of carbonyl (C=O) groups is 2. The maximum Gasteiger partial charge on any atom is 0.230 e. The number of amides is 1. The topological polar surface area (TPSA) is 46.2 Å². The zero-order valence-electron chi connectivity index (χ0n) is 8.51. The van der Waals surface area contributed by atoms with E-state index in [4.69, 9.17) is 0 Å². The Balaban J connectivity index is 3.60. The van der Waals surface area contributed by atoms with Crippen molar-refractivity contribution < 1.29 is 9.59 Å². The molecule has 0 aromatic carbocycles. The van der Waals surface area contributed by atoms with Crippen LogP contribution in [0, 0.1) is 5.92 Å². The van der Waals surface area contributed by atoms with E-state index in [9.17, 15) is 9.59 Å². The van der Waals surface area contributed by atoms with Gasteiger partial charge in [0, 0.05) is 7.05 Å². The Kier molecular flexibility index (Phi) is 7.26. The van der Waals surface area contributed by atoms with Gasteiger partial charge in [-0.25, -0.2) is 0 Å². The molecule has 1 atom stereocenters. The Morgan fingerprint density at radius 1 is 1.38 bits per heavy atom. The summed E-state index contributed by atoms with van der Waals surface area (Å²) in [4.78, 5) is 21.6. The first-order valence-corrected chi connectivity index (χ1v) is 4.93. The summed E-state index contributed by atoms with van der Waals surface area (Å²) in [7, 11) is 1.56. The largest absolute Gasteiger partial charge is 0.359 e. The molecular weight excluding hydrogens is 166 g/mol. The predicted octanol–water partition coefficient (Wildman–Crippen LogP) is 1.52. The minimum absolute atomic E-state index is 0.161. The predicted molar refractivity (Wildman–Crippen MR) is 52.4 cm³/mol. The standard InChI is InChI=1S/C10H19NO2/c1-3-4-5-6-7-9(8-12)10(13)11-2/h8-9H,3-7H2,1-2H3,(H,11,13). The Morgan fingerprint density at radius 2 is 2.08 bits per heavy atom. The van der Waals surface area contributed by atoms with Crippen LogP contribution in [0.5, 0.6) is 0 Å². The lowest BCUT2D eigenvalue weighted by atomic mass is 10.0. The molecule has 0 spiro atoms. The molecule has 0 saturated carbocycles. The number of nitrogens with one attached hydrogen (secondary N) is 1. The molecule has 13 heavy (non-hydrogen) atoms. The van der Waals surface area contributed by atoms with E-state index in [1.165, 1.54) is 12.8 Å². The van der Waals surface area contributed by atoms with Crippen molar-refractivity contribution in [2.24, 2.45) is 5.92 Å². The Labute approximate surface area is 79.9 Å². The minimum Gasteiger partial charge on any atom is -0.359 e. The van der Waals surface area contributed by atoms with Gasteiger partial charge in [-0.05, 0) is 6.42 Å². The van der Waals surface area contributed by atoms with Crippen molar-refractivity contribution in [2.75, 3.05) is 7.05 Å². The summed E-state index contributed by atoms with van der Waals surface area (Å²) >= 11 is 0. The van der Waals surface area contributed by atoms with E-state index in [1.54, 1.807) is 7.05 Å². The van der Waals surface area contributed by atoms with Crippen molar-refractivity contribution >= 4 is 12.2 Å². The van der Waals surface area contributed by atoms with E-state index in [0.29, 0.717) is 6.42 Å². The van der Waals surface area contributed by atoms with Crippen LogP contribution in [-0.4, -0.2) is 19.2 Å². The van der Waals surface area contributed by atoms with Crippen molar-refractivity contribution in [3.63, 3.8) is 0 Å². The second-order valence-corrected chi connectivity index (χ2v) is 3.21. The number of carbonyl (C=O) groups excluding carboxylic acids is 2. The fourth-order valence-corrected chi connectivity index (χ4v) is 1.24. The third-order valence-electron chi connectivity index (χ3n) is 2.12. The highest BCUT2D eigenvalue weighted by molar-refractivity contribution is 5.91. The smallest absolute Gasteiger partial charge is 0.230 e. The average molecular weight is 185 g/mol. The van der Waals surface area contributed by atoms with Gasteiger partial charge in [-0.15, -0.1) is 0 Å². The van der Waals surface area contributed by atoms with Crippen LogP contribution in [0.3, 0.4) is 0 Å². The Hall–Kier alpha value is -0.860. The van der Waals surface area contributed by atoms with Gasteiger partial charge in [-0.1, -0.05) is 32.6 Å². The number of hydrogen-bond acceptors (Lipinski definition) is 2. The zero-order valence-corrected chi connectivity index (χ0v) is 8.51. The molecule has 1 N–H and O–H groups in total. The molecule has 1 unspecified atom stereocenters. The fourth-order valence-electron chi connectivity index (χ4n) is 1.24. The van der Waals surface area contributed by atoms with E-state index in [0.717, 1.165) is 19.1 Å². The number of rotatable bonds is 7. The molecule has 0 aliphatic carbocycles. The van der Waals surface area contributed by atoms with Gasteiger partial charge in [-0.2, -0.15) is 0 Å². The van der Waals surface area contributed by atoms with Crippen molar-refractivity contribution in [2.45, 2.75) is 39.0 Å². The molecule has 0 aromatic rings. The van der Waals surface area contributed by atoms with Crippen molar-refractivity contribution in [3.05, 3.63) is 0 Å². The summed E-state index contributed by atoms with van der Waals surface area (Å²) in [6, 6.07) is 0. The van der Waals surface area contributed by atoms with Gasteiger partial charge in [0.15, 0.2) is 0 Å². The normalized spacial score (nSPS) is 12.2. The molecule has 3 heteroatoms. The summed E-state index contributed by atoms with van der Waals surface area (Å²) < 4.78 is 0. The van der Waals surface area contributed by atoms with Gasteiger partial charge < -0.3 is 10.1 Å². The average Bonchev–Trinajstić information content (AvgIpc) is 2.17. The quantitative estimate of drug-likeness (QED) is 0.371. The van der Waals surface area contributed by atoms with Gasteiger partial charge in [0.1, 0.15) is 6.29 Å². The lowest BCUT2D eigenvalue weighted by Gasteiger charge is -2.07. The molecule has 0 bridgehead atoms. The molecule has 0 aliphatic heterocycles. The molecular formula is C10H19NO2. The summed E-state index contributed by atoms with van der Waals surface area (Å²) in [5, 5.41) is 2.49. The van der Waals surface area contributed by atoms with E-state index < -0.39 is 5.92 Å². The van der Waals surface area contributed by atoms with Gasteiger partial charge in [0.05, 0.1) is 5.92 Å². The highest BCUT2D eigenvalue weighted by atomic mass is 16.2. The second-order valence-electron chi connectivity index (χ2n) is 3.21. The van der Waals surface area contributed by atoms with Crippen LogP contribution in [0.15, 0.2) is 0 Å². The molecule has 3 nitrogen and oxygen atoms in total. The molecule has 0 fully saturated rings. The number of hydrogen-bond donors (Lipinski definition) is 1. The third-order valence-corrected chi connectivity index (χ3v) is 2.12. The number of unbranched alkanes of at least 4 members (excludes halogenated alkanes) is 3. The minimum atomic E-state index is -0.443. The van der Waals surface area contributed by atoms with Gasteiger partial charge in [0.2, 0.25) is 5.91 Å². The molecule has 0 radical (unpaired) electrons. The van der Waals surface area contributed by atoms with Crippen LogP contribution in [0.1, 0.15) is 39.0 Å². The maximum absolute atomic E-state index is 11.1. The molecule has 0 heterocycles. The third kappa shape index (κ3) is 5.39. The van der Waals surface area contributed by atoms with Crippen LogP contribution in [0.4, 0.5) is 0 Å². The lowest BCUT2D eigenvalue weighted by Crippen LogP contribution is -2.28. The van der Waals surface area contributed by atoms with Crippen LogP contribution in [-0.2, 0) is 9.59 Å². The molecule has 0 aliphatic rings. The fraction of sp³-hybridized carbons (Fsp3) is 0.800. The van der Waals surface area contributed by atoms with Gasteiger partial charge >= 0.3 is 0 Å². The SMILES string of the molecule is CCCCCCC(C=O)C(=O)NC. The first-order chi connectivity index (χ1) is 6.26. The first kappa shape index (κ1) is 12.1. The van der Waals surface area contributed by atoms with E-state index in [1.807, 2.05) is 0 Å². The van der Waals surface area contributed by atoms with Crippen LogP contribution in [0.2, 0.25) is 0 Å². The first-order valence-electron chi connectivity index (χ1n) is 4.93. The van der Waals surface area contributed by atoms with Crippen LogP contribution >= 0.6 is 0 Å². The van der Waals surface area contributed by atoms with Crippen molar-refractivity contribution in [1.82, 2.24) is 5.32 Å². The second kappa shape index (κ2) is 7.77. The summed E-state index contributed by atoms with van der Waals surface area (Å²) in [5.41, 5.74) is 0. The Bertz CT molecular complexity index is 157. The van der Waals surface area contributed by atoms with Gasteiger partial charge in [0.25, 0.3) is 0 Å². The van der Waals surface area contributed by atoms with E-state index in [-0.39, 0.29) is 5.91 Å². The summed E-state index contributed by atoms with van der Waals surface area (Å²) in [5.74, 6) is -0.603. The molecule has 76 valence electrons. The summed E-state index contributed by atoms with van der Waals surface area (Å²) in [6.45, 7) is 2.13. The molecule has 0 saturated heterocycles. The zero-order chi connectivity index (χ0) is 10.1. The van der Waals surface area contributed by atoms with Crippen molar-refractivity contribution in [1.29, 1.82) is 0 Å². The molecule has 0 aromatic heterocycles. The number of aldehydes is 1. The van der Waals surface area contributed by atoms with E-state index in [2.05, 4.69) is 12.2 Å². The van der Waals surface area contributed by atoms with Crippen molar-refractivity contribution in [3.8, 4) is 0 Å².